The van der Waals surface area contributed by atoms with E-state index >= 15 is 0 Å². The summed E-state index contributed by atoms with van der Waals surface area (Å²) in [5.41, 5.74) is 15.1. The van der Waals surface area contributed by atoms with Crippen molar-refractivity contribution in [3.8, 4) is 46.4 Å². The molecule has 62 heavy (non-hydrogen) atoms. The highest BCUT2D eigenvalue weighted by atomic mass is 14.5. The van der Waals surface area contributed by atoms with Gasteiger partial charge in [0.1, 0.15) is 0 Å². The molecular weight excluding hydrogens is 745 g/mol. The monoisotopic (exact) mass is 827 g/mol. The van der Waals surface area contributed by atoms with Gasteiger partial charge in [-0.25, -0.2) is 0 Å². The molecule has 0 heteroatoms. The summed E-state index contributed by atoms with van der Waals surface area (Å²) in [6.07, 6.45) is 42.7. The van der Waals surface area contributed by atoms with E-state index in [0.29, 0.717) is 0 Å². The Labute approximate surface area is 380 Å². The predicted octanol–water partition coefficient (Wildman–Crippen LogP) is 18.6. The first-order valence-corrected chi connectivity index (χ1v) is 26.1. The van der Waals surface area contributed by atoms with E-state index in [1.807, 2.05) is 0 Å². The normalized spacial score (nSPS) is 13.8. The van der Waals surface area contributed by atoms with Gasteiger partial charge in [-0.1, -0.05) is 242 Å². The van der Waals surface area contributed by atoms with Gasteiger partial charge in [-0.3, -0.25) is 0 Å². The summed E-state index contributed by atoms with van der Waals surface area (Å²) < 4.78 is 0. The van der Waals surface area contributed by atoms with Crippen LogP contribution in [-0.2, 0) is 10.8 Å². The second-order valence-corrected chi connectivity index (χ2v) is 19.5. The van der Waals surface area contributed by atoms with Crippen LogP contribution in [0, 0.1) is 24.2 Å². The third-order valence-corrected chi connectivity index (χ3v) is 15.0. The van der Waals surface area contributed by atoms with Gasteiger partial charge >= 0.3 is 0 Å². The molecule has 0 nitrogen and oxygen atoms in total. The van der Waals surface area contributed by atoms with Gasteiger partial charge < -0.3 is 0 Å². The lowest BCUT2D eigenvalue weighted by Crippen LogP contribution is -2.26. The molecule has 4 aromatic rings. The summed E-state index contributed by atoms with van der Waals surface area (Å²) in [4.78, 5) is 0. The van der Waals surface area contributed by atoms with E-state index in [2.05, 4.69) is 124 Å². The third kappa shape index (κ3) is 11.6. The van der Waals surface area contributed by atoms with Gasteiger partial charge in [-0.05, 0) is 107 Å². The number of unbranched alkanes of at least 4 members (excludes halogenated alkanes) is 20. The highest BCUT2D eigenvalue weighted by Gasteiger charge is 2.43. The van der Waals surface area contributed by atoms with E-state index in [4.69, 9.17) is 6.42 Å². The second kappa shape index (κ2) is 24.7. The summed E-state index contributed by atoms with van der Waals surface area (Å²) in [5, 5.41) is 0. The van der Waals surface area contributed by atoms with Gasteiger partial charge in [-0.2, -0.15) is 0 Å². The smallest absolute Gasteiger partial charge is 0.0252 e. The Hall–Kier alpha value is -4.00. The minimum atomic E-state index is -0.0171. The van der Waals surface area contributed by atoms with E-state index < -0.39 is 0 Å². The molecule has 0 unspecified atom stereocenters. The van der Waals surface area contributed by atoms with Crippen LogP contribution in [0.1, 0.15) is 246 Å². The van der Waals surface area contributed by atoms with Crippen LogP contribution in [0.4, 0.5) is 0 Å². The molecule has 0 heterocycles. The van der Waals surface area contributed by atoms with Gasteiger partial charge in [0.15, 0.2) is 0 Å². The van der Waals surface area contributed by atoms with E-state index in [1.165, 1.54) is 213 Å². The molecule has 0 atom stereocenters. The average Bonchev–Trinajstić information content (AvgIpc) is 3.73. The Bertz CT molecular complexity index is 2060. The summed E-state index contributed by atoms with van der Waals surface area (Å²) in [6, 6.07) is 30.7. The Morgan fingerprint density at radius 2 is 0.645 bits per heavy atom. The standard InChI is InChI=1S/C62H82/c1-6-11-15-19-23-29-43-61(44-30-24-20-16-12-7-2)57-34-28-27-33-53(57)54-41-38-51(48-59(54)61)35-36-52-39-42-56-55-40-37-50(10-5)47-58(55)62(60(56)49-52,45-31-25-21-17-13-8-3)46-32-26-22-18-14-9-4/h5,27-28,33-34,37-42,47-49H,6-9,11-26,29-32,43-46H2,1-4H3. The Kier molecular flexibility index (Phi) is 18.9. The highest BCUT2D eigenvalue weighted by molar-refractivity contribution is 5.83. The van der Waals surface area contributed by atoms with Crippen LogP contribution in [0.2, 0.25) is 0 Å². The molecule has 0 radical (unpaired) electrons. The minimum absolute atomic E-state index is 0.0171. The zero-order valence-corrected chi connectivity index (χ0v) is 39.9. The number of fused-ring (bicyclic) bond motifs is 6. The Morgan fingerprint density at radius 3 is 1.03 bits per heavy atom. The van der Waals surface area contributed by atoms with Crippen molar-refractivity contribution >= 4 is 0 Å². The Morgan fingerprint density at radius 1 is 0.339 bits per heavy atom. The van der Waals surface area contributed by atoms with Crippen LogP contribution in [-0.4, -0.2) is 0 Å². The molecule has 0 spiro atoms. The van der Waals surface area contributed by atoms with Crippen LogP contribution in [0.25, 0.3) is 22.3 Å². The van der Waals surface area contributed by atoms with Crippen LogP contribution in [0.15, 0.2) is 78.9 Å². The van der Waals surface area contributed by atoms with Gasteiger partial charge in [0.2, 0.25) is 0 Å². The van der Waals surface area contributed by atoms with Crippen molar-refractivity contribution in [2.75, 3.05) is 0 Å². The predicted molar refractivity (Wildman–Crippen MR) is 271 cm³/mol. The lowest BCUT2D eigenvalue weighted by atomic mass is 9.70. The van der Waals surface area contributed by atoms with Gasteiger partial charge in [-0.15, -0.1) is 6.42 Å². The van der Waals surface area contributed by atoms with Gasteiger partial charge in [0, 0.05) is 27.5 Å². The number of rotatable bonds is 28. The zero-order chi connectivity index (χ0) is 43.5. The third-order valence-electron chi connectivity index (χ3n) is 15.0. The molecule has 0 bridgehead atoms. The zero-order valence-electron chi connectivity index (χ0n) is 39.9. The first-order valence-electron chi connectivity index (χ1n) is 26.1. The van der Waals surface area contributed by atoms with E-state index in [0.717, 1.165) is 16.7 Å². The van der Waals surface area contributed by atoms with E-state index in [9.17, 15) is 0 Å². The molecule has 0 amide bonds. The van der Waals surface area contributed by atoms with Crippen LogP contribution in [0.5, 0.6) is 0 Å². The molecule has 330 valence electrons. The molecule has 0 saturated heterocycles. The molecule has 0 saturated carbocycles. The van der Waals surface area contributed by atoms with E-state index in [-0.39, 0.29) is 10.8 Å². The molecule has 0 fully saturated rings. The first kappa shape index (κ1) is 47.5. The maximum atomic E-state index is 6.09. The molecule has 0 aromatic heterocycles. The molecule has 0 aliphatic heterocycles. The maximum Gasteiger partial charge on any atom is 0.0252 e. The molecule has 0 N–H and O–H groups in total. The van der Waals surface area contributed by atoms with Crippen LogP contribution in [0.3, 0.4) is 0 Å². The quantitative estimate of drug-likeness (QED) is 0.0395. The van der Waals surface area contributed by atoms with Crippen LogP contribution >= 0.6 is 0 Å². The lowest BCUT2D eigenvalue weighted by Gasteiger charge is -2.33. The number of hydrogen-bond acceptors (Lipinski definition) is 0. The number of hydrogen-bond donors (Lipinski definition) is 0. The average molecular weight is 827 g/mol. The van der Waals surface area contributed by atoms with E-state index in [1.54, 1.807) is 11.1 Å². The maximum absolute atomic E-state index is 6.09. The van der Waals surface area contributed by atoms with Crippen molar-refractivity contribution in [3.63, 3.8) is 0 Å². The van der Waals surface area contributed by atoms with Crippen molar-refractivity contribution in [2.45, 2.75) is 218 Å². The highest BCUT2D eigenvalue weighted by Crippen LogP contribution is 2.56. The van der Waals surface area contributed by atoms with Gasteiger partial charge in [0.05, 0.1) is 0 Å². The fraction of sp³-hybridized carbons (Fsp3) is 0.548. The number of benzene rings is 4. The van der Waals surface area contributed by atoms with Crippen molar-refractivity contribution in [3.05, 3.63) is 118 Å². The summed E-state index contributed by atoms with van der Waals surface area (Å²) in [7, 11) is 0. The molecule has 2 aliphatic carbocycles. The minimum Gasteiger partial charge on any atom is -0.115 e. The van der Waals surface area contributed by atoms with Crippen molar-refractivity contribution < 1.29 is 0 Å². The van der Waals surface area contributed by atoms with Gasteiger partial charge in [0.25, 0.3) is 0 Å². The van der Waals surface area contributed by atoms with Crippen molar-refractivity contribution in [2.24, 2.45) is 0 Å². The largest absolute Gasteiger partial charge is 0.115 e. The molecule has 4 aromatic carbocycles. The van der Waals surface area contributed by atoms with Crippen molar-refractivity contribution in [1.29, 1.82) is 0 Å². The fourth-order valence-corrected chi connectivity index (χ4v) is 11.5. The lowest BCUT2D eigenvalue weighted by molar-refractivity contribution is 0.397. The number of terminal acetylenes is 1. The summed E-state index contributed by atoms with van der Waals surface area (Å²) in [5.74, 6) is 10.5. The summed E-state index contributed by atoms with van der Waals surface area (Å²) in [6.45, 7) is 9.28. The molecular formula is C62H82. The Balaban J connectivity index is 1.34. The first-order chi connectivity index (χ1) is 30.5. The second-order valence-electron chi connectivity index (χ2n) is 19.5. The summed E-state index contributed by atoms with van der Waals surface area (Å²) >= 11 is 0. The van der Waals surface area contributed by atoms with Crippen LogP contribution < -0.4 is 0 Å². The van der Waals surface area contributed by atoms with Crippen molar-refractivity contribution in [1.82, 2.24) is 0 Å². The molecule has 6 rings (SSSR count). The topological polar surface area (TPSA) is 0 Å². The SMILES string of the molecule is C#Cc1ccc2c(c1)C(CCCCCCCC)(CCCCCCCC)c1cc(C#Cc3ccc4c(c3)C(CCCCCCCC)(CCCCCCCC)c3ccccc3-4)ccc1-2. The fourth-order valence-electron chi connectivity index (χ4n) is 11.5. The molecule has 2 aliphatic rings.